The number of nitrogens with zero attached hydrogens (tertiary/aromatic N) is 4. The standard InChI is InChI=1S/C55H68N8O10S/c1-34(2)41-7-4-5-8-42(41)45-9-6-21-62(45)39-29-55(30-39)17-22-61(23-18-55)38-10-11-43(47(26-38)73-49-25-36-14-19-57-51(36)59-53(49)72-32-37-31-70-24-20-56-37)52(64)60-74(68,69)40-27-46(63(66)67)50-48(28-40)71-33-44(58-50)35-12-15-54(3,65)16-13-35/h4-5,7-8,10-11,14,19,25-28,34-35,37,39,44-45,56,58,65H,6,9,12-13,15-18,20-24,29-33H2,1-3H3,(H,57,59)(H,60,64)/t35-,37-,44-,45+,54-/m1/s1. The van der Waals surface area contributed by atoms with Crippen molar-refractivity contribution in [2.45, 2.75) is 126 Å². The molecular formula is C55H68N8O10S. The lowest BCUT2D eigenvalue weighted by molar-refractivity contribution is -0.384. The minimum Gasteiger partial charge on any atom is -0.489 e. The van der Waals surface area contributed by atoms with Gasteiger partial charge in [0, 0.05) is 67.2 Å². The number of ether oxygens (including phenoxy) is 4. The number of pyridine rings is 1. The van der Waals surface area contributed by atoms with Gasteiger partial charge in [-0.15, -0.1) is 0 Å². The maximum atomic E-state index is 14.5. The van der Waals surface area contributed by atoms with Gasteiger partial charge in [0.15, 0.2) is 17.2 Å². The van der Waals surface area contributed by atoms with Crippen LogP contribution in [0.25, 0.3) is 11.0 Å². The number of benzene rings is 3. The third-order valence-electron chi connectivity index (χ3n) is 16.8. The molecule has 1 spiro atoms. The molecule has 3 aromatic carbocycles. The van der Waals surface area contributed by atoms with Crippen molar-refractivity contribution in [3.8, 4) is 23.1 Å². The molecule has 19 heteroatoms. The maximum absolute atomic E-state index is 14.5. The number of morpholine rings is 1. The van der Waals surface area contributed by atoms with Crippen LogP contribution >= 0.6 is 0 Å². The number of aromatic amines is 1. The molecule has 4 aliphatic heterocycles. The van der Waals surface area contributed by atoms with Gasteiger partial charge >= 0.3 is 0 Å². The van der Waals surface area contributed by atoms with Gasteiger partial charge < -0.3 is 44.6 Å². The minimum atomic E-state index is -4.73. The van der Waals surface area contributed by atoms with Crippen LogP contribution in [-0.4, -0.2) is 116 Å². The third kappa shape index (κ3) is 10.2. The van der Waals surface area contributed by atoms with Gasteiger partial charge in [-0.2, -0.15) is 4.98 Å². The molecule has 5 aromatic rings. The number of hydrogen-bond donors (Lipinski definition) is 5. The number of nitro benzene ring substituents is 1. The molecule has 74 heavy (non-hydrogen) atoms. The van der Waals surface area contributed by atoms with E-state index in [1.165, 1.54) is 42.9 Å². The molecule has 3 atom stereocenters. The van der Waals surface area contributed by atoms with Gasteiger partial charge in [0.2, 0.25) is 0 Å². The monoisotopic (exact) mass is 1030 g/mol. The number of carbonyl (C=O) groups is 1. The van der Waals surface area contributed by atoms with Crippen LogP contribution in [0, 0.1) is 21.4 Å². The van der Waals surface area contributed by atoms with Gasteiger partial charge in [0.05, 0.1) is 46.3 Å². The van der Waals surface area contributed by atoms with Crippen LogP contribution < -0.4 is 34.5 Å². The smallest absolute Gasteiger partial charge is 0.297 e. The summed E-state index contributed by atoms with van der Waals surface area (Å²) in [6.07, 6.45) is 11.1. The van der Waals surface area contributed by atoms with Crippen molar-refractivity contribution in [3.63, 3.8) is 0 Å². The Balaban J connectivity index is 0.843. The number of aromatic nitrogens is 2. The molecule has 3 saturated heterocycles. The lowest BCUT2D eigenvalue weighted by Gasteiger charge is -2.56. The molecule has 0 bridgehead atoms. The Labute approximate surface area is 432 Å². The Kier molecular flexibility index (Phi) is 13.7. The van der Waals surface area contributed by atoms with Gasteiger partial charge in [0.1, 0.15) is 24.6 Å². The van der Waals surface area contributed by atoms with E-state index >= 15 is 0 Å². The number of carbonyl (C=O) groups excluding carboxylic acids is 1. The summed E-state index contributed by atoms with van der Waals surface area (Å²) >= 11 is 0. The van der Waals surface area contributed by atoms with Crippen molar-refractivity contribution in [1.29, 1.82) is 0 Å². The fraction of sp³-hybridized carbons (Fsp3) is 0.527. The highest BCUT2D eigenvalue weighted by molar-refractivity contribution is 7.90. The van der Waals surface area contributed by atoms with E-state index in [9.17, 15) is 28.4 Å². The second-order valence-corrected chi connectivity index (χ2v) is 23.8. The number of nitro groups is 1. The molecule has 394 valence electrons. The van der Waals surface area contributed by atoms with E-state index < -0.39 is 37.0 Å². The SMILES string of the molecule is CC(C)c1ccccc1[C@@H]1CCCN1C1CC2(CCN(c3ccc(C(=O)NS(=O)(=O)c4cc5c(c([N+](=O)[O-])c4)N[C@@H]([C@H]4CC[C@](C)(O)CC4)CO5)c(Oc4cc5cc[nH]c5nc4OC[C@H]4COCCN4)c3)CC2)C1. The first-order valence-electron chi connectivity index (χ1n) is 26.5. The molecule has 18 nitrogen and oxygen atoms in total. The van der Waals surface area contributed by atoms with Crippen molar-refractivity contribution in [2.24, 2.45) is 11.3 Å². The summed E-state index contributed by atoms with van der Waals surface area (Å²) in [5.74, 6) is -0.00159. The largest absolute Gasteiger partial charge is 0.489 e. The zero-order valence-electron chi connectivity index (χ0n) is 42.4. The predicted octanol–water partition coefficient (Wildman–Crippen LogP) is 8.57. The van der Waals surface area contributed by atoms with E-state index in [2.05, 4.69) is 68.3 Å². The summed E-state index contributed by atoms with van der Waals surface area (Å²) in [6.45, 7) is 11.2. The second kappa shape index (κ2) is 20.3. The first-order chi connectivity index (χ1) is 35.6. The number of sulfonamides is 1. The summed E-state index contributed by atoms with van der Waals surface area (Å²) in [7, 11) is -4.73. The zero-order valence-corrected chi connectivity index (χ0v) is 43.3. The quantitative estimate of drug-likeness (QED) is 0.0519. The van der Waals surface area contributed by atoms with Crippen LogP contribution in [-0.2, 0) is 14.8 Å². The van der Waals surface area contributed by atoms with E-state index in [1.54, 1.807) is 24.4 Å². The first-order valence-corrected chi connectivity index (χ1v) is 27.9. The molecule has 0 radical (unpaired) electrons. The Morgan fingerprint density at radius 3 is 2.55 bits per heavy atom. The summed E-state index contributed by atoms with van der Waals surface area (Å²) in [5.41, 5.74) is 3.29. The Morgan fingerprint density at radius 1 is 1.00 bits per heavy atom. The molecule has 2 aliphatic carbocycles. The number of nitrogens with one attached hydrogen (secondary N) is 4. The van der Waals surface area contributed by atoms with Gasteiger partial charge in [-0.1, -0.05) is 38.1 Å². The third-order valence-corrected chi connectivity index (χ3v) is 18.1. The van der Waals surface area contributed by atoms with Crippen molar-refractivity contribution < 1.29 is 42.2 Å². The number of H-pyrrole nitrogens is 1. The van der Waals surface area contributed by atoms with Gasteiger partial charge in [-0.25, -0.2) is 13.1 Å². The number of fused-ring (bicyclic) bond motifs is 2. The number of amides is 1. The number of hydrogen-bond acceptors (Lipinski definition) is 15. The van der Waals surface area contributed by atoms with Crippen LogP contribution in [0.3, 0.4) is 0 Å². The first kappa shape index (κ1) is 50.2. The number of anilines is 2. The van der Waals surface area contributed by atoms with Crippen molar-refractivity contribution >= 4 is 44.0 Å². The second-order valence-electron chi connectivity index (χ2n) is 22.2. The van der Waals surface area contributed by atoms with Crippen LogP contribution in [0.15, 0.2) is 77.8 Å². The molecule has 11 rings (SSSR count). The van der Waals surface area contributed by atoms with Gasteiger partial charge in [0.25, 0.3) is 27.5 Å². The molecule has 2 saturated carbocycles. The average Bonchev–Trinajstić information content (AvgIpc) is 4.07. The highest BCUT2D eigenvalue weighted by Crippen LogP contribution is 2.54. The summed E-state index contributed by atoms with van der Waals surface area (Å²) < 4.78 is 55.2. The number of piperidine rings is 1. The summed E-state index contributed by atoms with van der Waals surface area (Å²) in [4.78, 5) is 38.8. The predicted molar refractivity (Wildman–Crippen MR) is 280 cm³/mol. The normalized spacial score (nSPS) is 25.2. The van der Waals surface area contributed by atoms with E-state index in [0.29, 0.717) is 69.1 Å². The topological polar surface area (TPSA) is 223 Å². The number of likely N-dealkylation sites (tertiary alicyclic amines) is 1. The van der Waals surface area contributed by atoms with Crippen molar-refractivity contribution in [2.75, 3.05) is 62.8 Å². The molecule has 5 N–H and O–H groups in total. The molecule has 1 amide bonds. The van der Waals surface area contributed by atoms with Crippen LogP contribution in [0.2, 0.25) is 0 Å². The highest BCUT2D eigenvalue weighted by Gasteiger charge is 2.50. The lowest BCUT2D eigenvalue weighted by atomic mass is 9.59. The average molecular weight is 1030 g/mol. The minimum absolute atomic E-state index is 0.0111. The van der Waals surface area contributed by atoms with Crippen LogP contribution in [0.4, 0.5) is 17.1 Å². The van der Waals surface area contributed by atoms with E-state index in [0.717, 1.165) is 49.6 Å². The number of rotatable bonds is 14. The Morgan fingerprint density at radius 2 is 1.80 bits per heavy atom. The van der Waals surface area contributed by atoms with Crippen molar-refractivity contribution in [3.05, 3.63) is 99.7 Å². The van der Waals surface area contributed by atoms with Crippen LogP contribution in [0.5, 0.6) is 23.1 Å². The van der Waals surface area contributed by atoms with Crippen molar-refractivity contribution in [1.82, 2.24) is 24.9 Å². The van der Waals surface area contributed by atoms with E-state index in [-0.39, 0.29) is 71.0 Å². The number of aliphatic hydroxyl groups is 1. The molecular weight excluding hydrogens is 965 g/mol. The fourth-order valence-electron chi connectivity index (χ4n) is 12.5. The Bertz CT molecular complexity index is 3000. The van der Waals surface area contributed by atoms with Gasteiger partial charge in [-0.05, 0) is 130 Å². The van der Waals surface area contributed by atoms with E-state index in [4.69, 9.17) is 23.9 Å². The highest BCUT2D eigenvalue weighted by atomic mass is 32.2. The summed E-state index contributed by atoms with van der Waals surface area (Å²) in [5, 5.41) is 30.4. The lowest BCUT2D eigenvalue weighted by Crippen LogP contribution is -2.54. The summed E-state index contributed by atoms with van der Waals surface area (Å²) in [6, 6.07) is 20.5. The molecule has 0 unspecified atom stereocenters. The molecule has 6 aliphatic rings. The molecule has 6 heterocycles. The Hall–Kier alpha value is -5.99. The van der Waals surface area contributed by atoms with Crippen LogP contribution in [0.1, 0.15) is 118 Å². The maximum Gasteiger partial charge on any atom is 0.297 e. The zero-order chi connectivity index (χ0) is 51.4. The fourth-order valence-corrected chi connectivity index (χ4v) is 13.5. The molecule has 5 fully saturated rings. The van der Waals surface area contributed by atoms with E-state index in [1.807, 2.05) is 19.1 Å². The molecule has 2 aromatic heterocycles. The van der Waals surface area contributed by atoms with Gasteiger partial charge in [-0.3, -0.25) is 19.8 Å².